The van der Waals surface area contributed by atoms with E-state index in [1.165, 1.54) is 23.1 Å². The second kappa shape index (κ2) is 3.64. The SMILES string of the molecule is Nc1ncn(Cc2cc(F)cc(F)c2)n1. The second-order valence-electron chi connectivity index (χ2n) is 3.08. The molecule has 78 valence electrons. The molecule has 0 fully saturated rings. The summed E-state index contributed by atoms with van der Waals surface area (Å²) in [4.78, 5) is 3.70. The largest absolute Gasteiger partial charge is 0.367 e. The molecule has 0 radical (unpaired) electrons. The van der Waals surface area contributed by atoms with Crippen LogP contribution in [0.2, 0.25) is 0 Å². The van der Waals surface area contributed by atoms with Gasteiger partial charge in [-0.3, -0.25) is 0 Å². The molecule has 0 amide bonds. The smallest absolute Gasteiger partial charge is 0.239 e. The van der Waals surface area contributed by atoms with Gasteiger partial charge in [0.1, 0.15) is 18.0 Å². The van der Waals surface area contributed by atoms with Crippen molar-refractivity contribution in [1.29, 1.82) is 0 Å². The highest BCUT2D eigenvalue weighted by molar-refractivity contribution is 5.18. The van der Waals surface area contributed by atoms with Crippen molar-refractivity contribution in [3.8, 4) is 0 Å². The Hall–Kier alpha value is -1.98. The molecule has 0 aliphatic carbocycles. The highest BCUT2D eigenvalue weighted by atomic mass is 19.1. The summed E-state index contributed by atoms with van der Waals surface area (Å²) in [7, 11) is 0. The van der Waals surface area contributed by atoms with Gasteiger partial charge in [0.2, 0.25) is 5.95 Å². The van der Waals surface area contributed by atoms with Gasteiger partial charge in [-0.25, -0.2) is 18.4 Å². The third-order valence-electron chi connectivity index (χ3n) is 1.82. The Kier molecular flexibility index (Phi) is 2.32. The van der Waals surface area contributed by atoms with E-state index in [1.807, 2.05) is 0 Å². The molecule has 0 atom stereocenters. The van der Waals surface area contributed by atoms with E-state index in [0.29, 0.717) is 5.56 Å². The first-order valence-corrected chi connectivity index (χ1v) is 4.23. The number of anilines is 1. The van der Waals surface area contributed by atoms with Gasteiger partial charge in [-0.1, -0.05) is 0 Å². The van der Waals surface area contributed by atoms with E-state index in [0.717, 1.165) is 6.07 Å². The average Bonchev–Trinajstić information content (AvgIpc) is 2.49. The molecule has 4 nitrogen and oxygen atoms in total. The van der Waals surface area contributed by atoms with Crippen LogP contribution in [-0.4, -0.2) is 14.8 Å². The van der Waals surface area contributed by atoms with Gasteiger partial charge in [0, 0.05) is 6.07 Å². The molecule has 0 saturated heterocycles. The maximum absolute atomic E-state index is 12.8. The lowest BCUT2D eigenvalue weighted by Gasteiger charge is -2.01. The zero-order chi connectivity index (χ0) is 10.8. The summed E-state index contributed by atoms with van der Waals surface area (Å²) in [6.45, 7) is 0.235. The first-order chi connectivity index (χ1) is 7.13. The van der Waals surface area contributed by atoms with E-state index < -0.39 is 11.6 Å². The van der Waals surface area contributed by atoms with E-state index in [-0.39, 0.29) is 12.5 Å². The van der Waals surface area contributed by atoms with Crippen molar-refractivity contribution >= 4 is 5.95 Å². The molecule has 0 spiro atoms. The van der Waals surface area contributed by atoms with Gasteiger partial charge in [-0.15, -0.1) is 5.10 Å². The van der Waals surface area contributed by atoms with Crippen LogP contribution in [0, 0.1) is 11.6 Å². The summed E-state index contributed by atoms with van der Waals surface area (Å²) < 4.78 is 27.1. The summed E-state index contributed by atoms with van der Waals surface area (Å²) in [5, 5.41) is 3.80. The fraction of sp³-hybridized carbons (Fsp3) is 0.111. The van der Waals surface area contributed by atoms with Crippen LogP contribution < -0.4 is 5.73 Å². The van der Waals surface area contributed by atoms with E-state index in [4.69, 9.17) is 5.73 Å². The third kappa shape index (κ3) is 2.28. The molecule has 1 heterocycles. The molecule has 15 heavy (non-hydrogen) atoms. The molecule has 0 saturated carbocycles. The maximum Gasteiger partial charge on any atom is 0.239 e. The lowest BCUT2D eigenvalue weighted by molar-refractivity contribution is 0.574. The zero-order valence-electron chi connectivity index (χ0n) is 7.69. The van der Waals surface area contributed by atoms with E-state index >= 15 is 0 Å². The van der Waals surface area contributed by atoms with Crippen LogP contribution >= 0.6 is 0 Å². The van der Waals surface area contributed by atoms with E-state index in [9.17, 15) is 8.78 Å². The zero-order valence-corrected chi connectivity index (χ0v) is 7.69. The van der Waals surface area contributed by atoms with Crippen molar-refractivity contribution in [2.45, 2.75) is 6.54 Å². The highest BCUT2D eigenvalue weighted by Gasteiger charge is 2.02. The number of nitrogen functional groups attached to an aromatic ring is 1. The van der Waals surface area contributed by atoms with Gasteiger partial charge in [0.15, 0.2) is 0 Å². The molecular formula is C9H8F2N4. The van der Waals surface area contributed by atoms with E-state index in [2.05, 4.69) is 10.1 Å². The summed E-state index contributed by atoms with van der Waals surface area (Å²) >= 11 is 0. The number of rotatable bonds is 2. The predicted octanol–water partition coefficient (Wildman–Crippen LogP) is 1.19. The van der Waals surface area contributed by atoms with Crippen molar-refractivity contribution in [3.63, 3.8) is 0 Å². The molecule has 6 heteroatoms. The predicted molar refractivity (Wildman–Crippen MR) is 49.9 cm³/mol. The van der Waals surface area contributed by atoms with Crippen LogP contribution in [-0.2, 0) is 6.54 Å². The number of nitrogens with two attached hydrogens (primary N) is 1. The molecule has 0 aliphatic rings. The summed E-state index contributed by atoms with van der Waals surface area (Å²) in [6, 6.07) is 3.29. The molecule has 2 N–H and O–H groups in total. The third-order valence-corrected chi connectivity index (χ3v) is 1.82. The van der Waals surface area contributed by atoms with Crippen molar-refractivity contribution in [1.82, 2.24) is 14.8 Å². The van der Waals surface area contributed by atoms with Gasteiger partial charge in [-0.05, 0) is 17.7 Å². The van der Waals surface area contributed by atoms with Crippen molar-refractivity contribution in [3.05, 3.63) is 41.7 Å². The Morgan fingerprint density at radius 2 is 1.87 bits per heavy atom. The molecule has 1 aromatic heterocycles. The Morgan fingerprint density at radius 1 is 1.20 bits per heavy atom. The van der Waals surface area contributed by atoms with Gasteiger partial charge in [-0.2, -0.15) is 0 Å². The number of hydrogen-bond acceptors (Lipinski definition) is 3. The summed E-state index contributed by atoms with van der Waals surface area (Å²) in [5.74, 6) is -1.09. The summed E-state index contributed by atoms with van der Waals surface area (Å²) in [5.41, 5.74) is 5.77. The average molecular weight is 210 g/mol. The Labute approximate surface area is 84.4 Å². The quantitative estimate of drug-likeness (QED) is 0.809. The van der Waals surface area contributed by atoms with Crippen LogP contribution in [0.25, 0.3) is 0 Å². The highest BCUT2D eigenvalue weighted by Crippen LogP contribution is 2.09. The number of halogens is 2. The van der Waals surface area contributed by atoms with E-state index in [1.54, 1.807) is 0 Å². The van der Waals surface area contributed by atoms with Crippen molar-refractivity contribution in [2.24, 2.45) is 0 Å². The molecule has 0 aliphatic heterocycles. The van der Waals surface area contributed by atoms with Crippen molar-refractivity contribution < 1.29 is 8.78 Å². The molecule has 1 aromatic carbocycles. The number of benzene rings is 1. The first kappa shape index (κ1) is 9.57. The molecule has 2 aromatic rings. The Morgan fingerprint density at radius 3 is 2.40 bits per heavy atom. The fourth-order valence-electron chi connectivity index (χ4n) is 1.27. The summed E-state index contributed by atoms with van der Waals surface area (Å²) in [6.07, 6.45) is 1.40. The van der Waals surface area contributed by atoms with Crippen LogP contribution in [0.1, 0.15) is 5.56 Å². The lowest BCUT2D eigenvalue weighted by Crippen LogP contribution is -2.02. The van der Waals surface area contributed by atoms with Gasteiger partial charge >= 0.3 is 0 Å². The normalized spacial score (nSPS) is 10.5. The van der Waals surface area contributed by atoms with Crippen LogP contribution in [0.15, 0.2) is 24.5 Å². The Bertz CT molecular complexity index is 460. The monoisotopic (exact) mass is 210 g/mol. The molecule has 0 bridgehead atoms. The minimum Gasteiger partial charge on any atom is -0.367 e. The number of nitrogens with zero attached hydrogens (tertiary/aromatic N) is 3. The minimum atomic E-state index is -0.613. The maximum atomic E-state index is 12.8. The Balaban J connectivity index is 2.24. The van der Waals surface area contributed by atoms with Crippen molar-refractivity contribution in [2.75, 3.05) is 5.73 Å². The molecular weight excluding hydrogens is 202 g/mol. The lowest BCUT2D eigenvalue weighted by atomic mass is 10.2. The van der Waals surface area contributed by atoms with Gasteiger partial charge in [0.25, 0.3) is 0 Å². The molecule has 0 unspecified atom stereocenters. The van der Waals surface area contributed by atoms with Crippen LogP contribution in [0.3, 0.4) is 0 Å². The number of aromatic nitrogens is 3. The van der Waals surface area contributed by atoms with Crippen LogP contribution in [0.4, 0.5) is 14.7 Å². The van der Waals surface area contributed by atoms with Gasteiger partial charge in [0.05, 0.1) is 6.54 Å². The number of hydrogen-bond donors (Lipinski definition) is 1. The second-order valence-corrected chi connectivity index (χ2v) is 3.08. The topological polar surface area (TPSA) is 56.7 Å². The van der Waals surface area contributed by atoms with Crippen LogP contribution in [0.5, 0.6) is 0 Å². The minimum absolute atomic E-state index is 0.131. The van der Waals surface area contributed by atoms with Gasteiger partial charge < -0.3 is 5.73 Å². The first-order valence-electron chi connectivity index (χ1n) is 4.23. The fourth-order valence-corrected chi connectivity index (χ4v) is 1.27. The standard InChI is InChI=1S/C9H8F2N4/c10-7-1-6(2-8(11)3-7)4-15-5-13-9(12)14-15/h1-3,5H,4H2,(H2,12,14). The molecule has 2 rings (SSSR count).